The second kappa shape index (κ2) is 21.3. The van der Waals surface area contributed by atoms with Crippen LogP contribution in [0.1, 0.15) is 55.5 Å². The highest BCUT2D eigenvalue weighted by Crippen LogP contribution is 2.34. The van der Waals surface area contributed by atoms with Gasteiger partial charge in [0.15, 0.2) is 0 Å². The Balaban J connectivity index is 1.26. The molecule has 1 aromatic heterocycles. The number of β-amino-alcohol motifs (C(OH)–C–C–N with tert-alkyl or cyclic N) is 1. The first-order valence-electron chi connectivity index (χ1n) is 19.6. The molecule has 56 heavy (non-hydrogen) atoms. The lowest BCUT2D eigenvalue weighted by molar-refractivity contribution is -0.156. The van der Waals surface area contributed by atoms with Crippen molar-refractivity contribution in [2.45, 2.75) is 76.4 Å². The van der Waals surface area contributed by atoms with Gasteiger partial charge in [-0.3, -0.25) is 24.4 Å². The van der Waals surface area contributed by atoms with Crippen LogP contribution in [-0.4, -0.2) is 128 Å². The van der Waals surface area contributed by atoms with E-state index in [0.29, 0.717) is 58.8 Å². The fourth-order valence-corrected chi connectivity index (χ4v) is 7.38. The molecule has 5 rings (SSSR count). The quantitative estimate of drug-likeness (QED) is 0.115. The van der Waals surface area contributed by atoms with Crippen molar-refractivity contribution < 1.29 is 38.4 Å². The molecule has 1 saturated heterocycles. The van der Waals surface area contributed by atoms with Crippen molar-refractivity contribution in [2.75, 3.05) is 66.3 Å². The van der Waals surface area contributed by atoms with Gasteiger partial charge in [0, 0.05) is 70.1 Å². The molecule has 2 aromatic carbocycles. The molecule has 3 aromatic rings. The van der Waals surface area contributed by atoms with E-state index >= 15 is 0 Å². The smallest absolute Gasteiger partial charge is 0.332 e. The van der Waals surface area contributed by atoms with Crippen LogP contribution in [0.5, 0.6) is 0 Å². The number of benzene rings is 2. The Kier molecular flexibility index (Phi) is 16.3. The summed E-state index contributed by atoms with van der Waals surface area (Å²) in [5.41, 5.74) is 3.49. The van der Waals surface area contributed by atoms with Crippen LogP contribution in [-0.2, 0) is 52.7 Å². The van der Waals surface area contributed by atoms with Gasteiger partial charge in [0.1, 0.15) is 18.8 Å². The third-order valence-electron chi connectivity index (χ3n) is 9.99. The molecule has 304 valence electrons. The Labute approximate surface area is 331 Å². The van der Waals surface area contributed by atoms with Crippen LogP contribution in [0, 0.1) is 5.92 Å². The number of fused-ring (bicyclic) bond motifs is 1. The highest BCUT2D eigenvalue weighted by Gasteiger charge is 2.39. The Hall–Kier alpha value is -4.24. The molecule has 3 N–H and O–H groups in total. The summed E-state index contributed by atoms with van der Waals surface area (Å²) in [6, 6.07) is 20.4. The molecular formula is C43H59N5O8. The van der Waals surface area contributed by atoms with Gasteiger partial charge >= 0.3 is 5.97 Å². The molecule has 2 amide bonds. The highest BCUT2D eigenvalue weighted by atomic mass is 16.6. The van der Waals surface area contributed by atoms with Gasteiger partial charge in [-0.25, -0.2) is 4.79 Å². The van der Waals surface area contributed by atoms with E-state index in [1.165, 1.54) is 0 Å². The maximum Gasteiger partial charge on any atom is 0.332 e. The van der Waals surface area contributed by atoms with Crippen LogP contribution in [0.2, 0.25) is 0 Å². The van der Waals surface area contributed by atoms with Crippen molar-refractivity contribution in [3.63, 3.8) is 0 Å². The molecule has 13 nitrogen and oxygen atoms in total. The summed E-state index contributed by atoms with van der Waals surface area (Å²) in [7, 11) is 1.60. The number of aliphatic hydroxyl groups is 1. The van der Waals surface area contributed by atoms with E-state index in [2.05, 4.69) is 20.5 Å². The molecule has 0 bridgehead atoms. The molecule has 0 saturated carbocycles. The van der Waals surface area contributed by atoms with E-state index in [0.717, 1.165) is 22.3 Å². The first-order chi connectivity index (χ1) is 27.0. The van der Waals surface area contributed by atoms with Crippen LogP contribution >= 0.6 is 0 Å². The minimum absolute atomic E-state index is 0.0968. The molecule has 0 spiro atoms. The van der Waals surface area contributed by atoms with Gasteiger partial charge in [-0.05, 0) is 61.9 Å². The molecule has 2 aliphatic rings. The first-order valence-corrected chi connectivity index (χ1v) is 19.6. The fourth-order valence-electron chi connectivity index (χ4n) is 7.38. The molecule has 5 unspecified atom stereocenters. The molecule has 2 heterocycles. The van der Waals surface area contributed by atoms with Gasteiger partial charge in [0.2, 0.25) is 11.8 Å². The van der Waals surface area contributed by atoms with E-state index in [9.17, 15) is 19.5 Å². The van der Waals surface area contributed by atoms with Crippen molar-refractivity contribution in [1.29, 1.82) is 0 Å². The minimum atomic E-state index is -0.899. The van der Waals surface area contributed by atoms with E-state index in [1.54, 1.807) is 13.3 Å². The molecule has 5 atom stereocenters. The second-order valence-corrected chi connectivity index (χ2v) is 15.7. The average Bonchev–Trinajstić information content (AvgIpc) is 3.50. The maximum atomic E-state index is 14.3. The number of carbonyl (C=O) groups excluding carboxylic acids is 3. The lowest BCUT2D eigenvalue weighted by Gasteiger charge is -2.42. The Morgan fingerprint density at radius 2 is 1.66 bits per heavy atom. The number of pyridine rings is 1. The Morgan fingerprint density at radius 3 is 2.41 bits per heavy atom. The summed E-state index contributed by atoms with van der Waals surface area (Å²) in [4.78, 5) is 49.5. The zero-order valence-electron chi connectivity index (χ0n) is 33.2. The summed E-state index contributed by atoms with van der Waals surface area (Å²) in [6.45, 7) is 9.77. The van der Waals surface area contributed by atoms with Gasteiger partial charge in [-0.15, -0.1) is 0 Å². The second-order valence-electron chi connectivity index (χ2n) is 15.7. The average molecular weight is 774 g/mol. The van der Waals surface area contributed by atoms with Crippen molar-refractivity contribution in [1.82, 2.24) is 25.4 Å². The molecule has 1 aliphatic carbocycles. The van der Waals surface area contributed by atoms with Gasteiger partial charge < -0.3 is 34.7 Å². The number of rotatable bonds is 20. The van der Waals surface area contributed by atoms with E-state index < -0.39 is 41.7 Å². The maximum absolute atomic E-state index is 14.3. The Morgan fingerprint density at radius 1 is 0.929 bits per heavy atom. The minimum Gasteiger partial charge on any atom is -0.458 e. The number of esters is 1. The van der Waals surface area contributed by atoms with Crippen LogP contribution in [0.25, 0.3) is 0 Å². The normalized spacial score (nSPS) is 19.8. The van der Waals surface area contributed by atoms with Crippen LogP contribution in [0.4, 0.5) is 0 Å². The van der Waals surface area contributed by atoms with Crippen LogP contribution in [0.3, 0.4) is 0 Å². The summed E-state index contributed by atoms with van der Waals surface area (Å²) in [5.74, 6) is -1.48. The van der Waals surface area contributed by atoms with Crippen molar-refractivity contribution in [3.05, 3.63) is 101 Å². The number of carbonyl (C=O) groups is 3. The zero-order valence-corrected chi connectivity index (χ0v) is 33.2. The van der Waals surface area contributed by atoms with Crippen molar-refractivity contribution >= 4 is 17.8 Å². The molecule has 13 heteroatoms. The third-order valence-corrected chi connectivity index (χ3v) is 9.99. The number of hydrogen-bond donors (Lipinski definition) is 3. The predicted octanol–water partition coefficient (Wildman–Crippen LogP) is 3.10. The van der Waals surface area contributed by atoms with Gasteiger partial charge in [-0.1, -0.05) is 60.7 Å². The lowest BCUT2D eigenvalue weighted by Crippen LogP contribution is -2.61. The molecule has 1 aliphatic heterocycles. The lowest BCUT2D eigenvalue weighted by atomic mass is 9.91. The largest absolute Gasteiger partial charge is 0.458 e. The van der Waals surface area contributed by atoms with Crippen LogP contribution < -0.4 is 10.6 Å². The summed E-state index contributed by atoms with van der Waals surface area (Å²) < 4.78 is 21.7. The Bertz CT molecular complexity index is 1670. The van der Waals surface area contributed by atoms with Gasteiger partial charge in [0.05, 0.1) is 38.6 Å². The monoisotopic (exact) mass is 773 g/mol. The predicted molar refractivity (Wildman–Crippen MR) is 211 cm³/mol. The fraction of sp³-hybridized carbons (Fsp3) is 0.535. The van der Waals surface area contributed by atoms with Crippen molar-refractivity contribution in [3.8, 4) is 0 Å². The van der Waals surface area contributed by atoms with Crippen molar-refractivity contribution in [2.24, 2.45) is 5.92 Å². The van der Waals surface area contributed by atoms with E-state index in [4.69, 9.17) is 18.9 Å². The number of piperazine rings is 1. The summed E-state index contributed by atoms with van der Waals surface area (Å²) >= 11 is 0. The standard InChI is InChI=1S/C43H59N5O8/c1-43(2,3)46-42(52)37-29-47(27-32-13-10-16-44-26-32)17-18-48(37)28-35(49)24-34(23-31-11-6-5-7-12-31)41(51)45-40-36-15-9-8-14-33(36)25-38(40)56-39(50)30-55-22-21-54-20-19-53-4/h5-16,26,34-35,37-38,40,49H,17-25,27-30H2,1-4H3,(H,45,51)(H,46,52). The summed E-state index contributed by atoms with van der Waals surface area (Å²) in [6.07, 6.45) is 3.08. The van der Waals surface area contributed by atoms with E-state index in [1.807, 2.05) is 98.6 Å². The SMILES string of the molecule is COCCOCCOCC(=O)OC1Cc2ccccc2C1NC(=O)C(Cc1ccccc1)CC(O)CN1CCN(Cc2cccnc2)CC1C(=O)NC(C)(C)C. The number of hydrogen-bond acceptors (Lipinski definition) is 11. The molecule has 0 radical (unpaired) electrons. The number of methoxy groups -OCH3 is 1. The van der Waals surface area contributed by atoms with Gasteiger partial charge in [0.25, 0.3) is 0 Å². The first kappa shape index (κ1) is 42.9. The summed E-state index contributed by atoms with van der Waals surface area (Å²) in [5, 5.41) is 18.1. The topological polar surface area (TPSA) is 152 Å². The highest BCUT2D eigenvalue weighted by molar-refractivity contribution is 5.83. The van der Waals surface area contributed by atoms with E-state index in [-0.39, 0.29) is 38.0 Å². The molecular weight excluding hydrogens is 714 g/mol. The molecule has 1 fully saturated rings. The number of nitrogens with zero attached hydrogens (tertiary/aromatic N) is 3. The van der Waals surface area contributed by atoms with Gasteiger partial charge in [-0.2, -0.15) is 0 Å². The van der Waals surface area contributed by atoms with Crippen LogP contribution in [0.15, 0.2) is 79.1 Å². The number of aliphatic hydroxyl groups excluding tert-OH is 1. The number of amides is 2. The zero-order chi connectivity index (χ0) is 39.9. The third kappa shape index (κ3) is 13.5. The number of nitrogens with one attached hydrogen (secondary N) is 2. The number of aromatic nitrogens is 1. The number of ether oxygens (including phenoxy) is 4.